The first-order valence-corrected chi connectivity index (χ1v) is 14.3. The van der Waals surface area contributed by atoms with Gasteiger partial charge in [0.1, 0.15) is 0 Å². The van der Waals surface area contributed by atoms with Crippen molar-refractivity contribution in [3.8, 4) is 11.1 Å². The van der Waals surface area contributed by atoms with E-state index in [1.807, 2.05) is 0 Å². The monoisotopic (exact) mass is 538 g/mol. The second-order valence-electron chi connectivity index (χ2n) is 10.2. The van der Waals surface area contributed by atoms with Crippen LogP contribution in [-0.2, 0) is 0 Å². The largest absolute Gasteiger partial charge is 0.311 e. The van der Waals surface area contributed by atoms with Gasteiger partial charge in [-0.2, -0.15) is 0 Å². The minimum atomic E-state index is 1.11. The van der Waals surface area contributed by atoms with E-state index >= 15 is 0 Å². The average molecular weight is 539 g/mol. The van der Waals surface area contributed by atoms with E-state index in [2.05, 4.69) is 192 Å². The number of hydrogen-bond donors (Lipinski definition) is 0. The Morgan fingerprint density at radius 3 is 1.19 bits per heavy atom. The van der Waals surface area contributed by atoms with Gasteiger partial charge < -0.3 is 9.80 Å². The highest BCUT2D eigenvalue weighted by atomic mass is 15.1. The van der Waals surface area contributed by atoms with Crippen LogP contribution in [0.15, 0.2) is 182 Å². The maximum atomic E-state index is 2.38. The third kappa shape index (κ3) is 4.91. The van der Waals surface area contributed by atoms with Crippen molar-refractivity contribution >= 4 is 44.9 Å². The molecule has 0 atom stereocenters. The van der Waals surface area contributed by atoms with E-state index in [-0.39, 0.29) is 0 Å². The molecule has 0 spiro atoms. The van der Waals surface area contributed by atoms with Crippen molar-refractivity contribution in [1.29, 1.82) is 0 Å². The Morgan fingerprint density at radius 1 is 0.286 bits per heavy atom. The number of fused-ring (bicyclic) bond motifs is 1. The minimum Gasteiger partial charge on any atom is -0.311 e. The number of anilines is 6. The first kappa shape index (κ1) is 25.4. The SMILES string of the molecule is c1ccc(N(c2ccccc2)c2ccc(-c3ccc4ccccc4c3N(c3ccccc3)c3ccccc3)cc2)cc1. The summed E-state index contributed by atoms with van der Waals surface area (Å²) >= 11 is 0. The normalized spacial score (nSPS) is 10.9. The summed E-state index contributed by atoms with van der Waals surface area (Å²) in [6.07, 6.45) is 0. The van der Waals surface area contributed by atoms with Crippen LogP contribution < -0.4 is 9.80 Å². The molecule has 0 aromatic heterocycles. The molecule has 0 radical (unpaired) electrons. The number of rotatable bonds is 7. The molecule has 0 amide bonds. The third-order valence-corrected chi connectivity index (χ3v) is 7.62. The molecule has 0 aliphatic rings. The Hall–Kier alpha value is -5.60. The lowest BCUT2D eigenvalue weighted by atomic mass is 9.96. The number of benzene rings is 7. The van der Waals surface area contributed by atoms with Crippen LogP contribution in [0.25, 0.3) is 21.9 Å². The van der Waals surface area contributed by atoms with Gasteiger partial charge in [0.15, 0.2) is 0 Å². The highest BCUT2D eigenvalue weighted by Gasteiger charge is 2.20. The maximum absolute atomic E-state index is 2.38. The zero-order valence-corrected chi connectivity index (χ0v) is 23.2. The zero-order chi connectivity index (χ0) is 28.1. The van der Waals surface area contributed by atoms with Crippen molar-refractivity contribution in [2.75, 3.05) is 9.80 Å². The highest BCUT2D eigenvalue weighted by molar-refractivity contribution is 6.06. The summed E-state index contributed by atoms with van der Waals surface area (Å²) in [6, 6.07) is 64.4. The maximum Gasteiger partial charge on any atom is 0.0618 e. The molecule has 0 N–H and O–H groups in total. The quantitative estimate of drug-likeness (QED) is 0.199. The Bertz CT molecular complexity index is 1820. The lowest BCUT2D eigenvalue weighted by molar-refractivity contribution is 1.28. The second kappa shape index (κ2) is 11.5. The van der Waals surface area contributed by atoms with Crippen LogP contribution in [0, 0.1) is 0 Å². The summed E-state index contributed by atoms with van der Waals surface area (Å²) in [4.78, 5) is 4.68. The van der Waals surface area contributed by atoms with Gasteiger partial charge in [0.25, 0.3) is 0 Å². The fraction of sp³-hybridized carbons (Fsp3) is 0. The molecule has 0 saturated heterocycles. The highest BCUT2D eigenvalue weighted by Crippen LogP contribution is 2.45. The molecule has 7 aromatic carbocycles. The molecule has 0 heterocycles. The summed E-state index contributed by atoms with van der Waals surface area (Å²) in [5.41, 5.74) is 9.12. The number of nitrogens with zero attached hydrogens (tertiary/aromatic N) is 2. The summed E-state index contributed by atoms with van der Waals surface area (Å²) < 4.78 is 0. The van der Waals surface area contributed by atoms with Crippen LogP contribution in [0.2, 0.25) is 0 Å². The third-order valence-electron chi connectivity index (χ3n) is 7.62. The molecular weight excluding hydrogens is 508 g/mol. The fourth-order valence-corrected chi connectivity index (χ4v) is 5.68. The zero-order valence-electron chi connectivity index (χ0n) is 23.2. The van der Waals surface area contributed by atoms with Gasteiger partial charge in [0.05, 0.1) is 5.69 Å². The van der Waals surface area contributed by atoms with Crippen molar-refractivity contribution in [3.05, 3.63) is 182 Å². The molecule has 0 aliphatic carbocycles. The summed E-state index contributed by atoms with van der Waals surface area (Å²) in [7, 11) is 0. The van der Waals surface area contributed by atoms with Gasteiger partial charge in [0, 0.05) is 39.4 Å². The molecule has 2 nitrogen and oxygen atoms in total. The van der Waals surface area contributed by atoms with Gasteiger partial charge in [-0.05, 0) is 71.6 Å². The van der Waals surface area contributed by atoms with E-state index in [4.69, 9.17) is 0 Å². The molecule has 7 aromatic rings. The van der Waals surface area contributed by atoms with Crippen LogP contribution in [0.4, 0.5) is 34.1 Å². The van der Waals surface area contributed by atoms with Gasteiger partial charge in [-0.25, -0.2) is 0 Å². The van der Waals surface area contributed by atoms with Crippen LogP contribution in [0.1, 0.15) is 0 Å². The Kier molecular flexibility index (Phi) is 6.94. The molecule has 0 aliphatic heterocycles. The molecule has 7 rings (SSSR count). The molecule has 200 valence electrons. The van der Waals surface area contributed by atoms with E-state index in [0.717, 1.165) is 34.0 Å². The molecule has 0 bridgehead atoms. The van der Waals surface area contributed by atoms with Crippen LogP contribution in [0.3, 0.4) is 0 Å². The number of para-hydroxylation sites is 4. The van der Waals surface area contributed by atoms with E-state index in [9.17, 15) is 0 Å². The van der Waals surface area contributed by atoms with Crippen molar-refractivity contribution in [3.63, 3.8) is 0 Å². The molecular formula is C40H30N2. The van der Waals surface area contributed by atoms with Crippen molar-refractivity contribution in [2.24, 2.45) is 0 Å². The second-order valence-corrected chi connectivity index (χ2v) is 10.2. The van der Waals surface area contributed by atoms with Crippen LogP contribution >= 0.6 is 0 Å². The molecule has 42 heavy (non-hydrogen) atoms. The van der Waals surface area contributed by atoms with Gasteiger partial charge in [-0.1, -0.05) is 121 Å². The van der Waals surface area contributed by atoms with E-state index in [1.54, 1.807) is 0 Å². The van der Waals surface area contributed by atoms with Gasteiger partial charge >= 0.3 is 0 Å². The van der Waals surface area contributed by atoms with Gasteiger partial charge in [-0.3, -0.25) is 0 Å². The number of hydrogen-bond acceptors (Lipinski definition) is 2. The standard InChI is InChI=1S/C40H30N2/c1-5-16-33(17-6-1)41(34-18-7-2-8-19-34)37-28-25-32(26-29-37)39-30-27-31-15-13-14-24-38(31)40(39)42(35-20-9-3-10-21-35)36-22-11-4-12-23-36/h1-30H. The van der Waals surface area contributed by atoms with Crippen molar-refractivity contribution in [1.82, 2.24) is 0 Å². The predicted octanol–water partition coefficient (Wildman–Crippen LogP) is 11.4. The Balaban J connectivity index is 1.40. The van der Waals surface area contributed by atoms with Crippen molar-refractivity contribution in [2.45, 2.75) is 0 Å². The van der Waals surface area contributed by atoms with E-state index in [1.165, 1.54) is 22.0 Å². The lowest BCUT2D eigenvalue weighted by Gasteiger charge is -2.29. The average Bonchev–Trinajstić information content (AvgIpc) is 3.07. The minimum absolute atomic E-state index is 1.11. The molecule has 0 fully saturated rings. The summed E-state index contributed by atoms with van der Waals surface area (Å²) in [5.74, 6) is 0. The summed E-state index contributed by atoms with van der Waals surface area (Å²) in [5, 5.41) is 2.42. The Morgan fingerprint density at radius 2 is 0.690 bits per heavy atom. The summed E-state index contributed by atoms with van der Waals surface area (Å²) in [6.45, 7) is 0. The van der Waals surface area contributed by atoms with E-state index in [0.29, 0.717) is 0 Å². The lowest BCUT2D eigenvalue weighted by Crippen LogP contribution is -2.12. The fourth-order valence-electron chi connectivity index (χ4n) is 5.68. The Labute approximate surface area is 247 Å². The molecule has 2 heteroatoms. The van der Waals surface area contributed by atoms with Crippen LogP contribution in [0.5, 0.6) is 0 Å². The van der Waals surface area contributed by atoms with Gasteiger partial charge in [0.2, 0.25) is 0 Å². The molecule has 0 saturated carbocycles. The molecule has 0 unspecified atom stereocenters. The van der Waals surface area contributed by atoms with E-state index < -0.39 is 0 Å². The van der Waals surface area contributed by atoms with Crippen molar-refractivity contribution < 1.29 is 0 Å². The smallest absolute Gasteiger partial charge is 0.0618 e. The van der Waals surface area contributed by atoms with Crippen LogP contribution in [-0.4, -0.2) is 0 Å². The first-order valence-electron chi connectivity index (χ1n) is 14.3. The topological polar surface area (TPSA) is 6.48 Å². The van der Waals surface area contributed by atoms with Gasteiger partial charge in [-0.15, -0.1) is 0 Å². The first-order chi connectivity index (χ1) is 20.9. The predicted molar refractivity (Wildman–Crippen MR) is 179 cm³/mol.